The number of hydrogen-bond donors (Lipinski definition) is 1. The fraction of sp³-hybridized carbons (Fsp3) is 0.308. The molecule has 2 nitrogen and oxygen atoms in total. The van der Waals surface area contributed by atoms with E-state index in [2.05, 4.69) is 36.3 Å². The minimum atomic E-state index is 0.447. The Hall–Kier alpha value is -1.12. The average Bonchev–Trinajstić information content (AvgIpc) is 2.26. The van der Waals surface area contributed by atoms with Crippen LogP contribution in [0, 0.1) is 0 Å². The molecular weight excluding hydrogens is 220 g/mol. The largest absolute Gasteiger partial charge is 0.310 e. The molecule has 0 radical (unpaired) electrons. The van der Waals surface area contributed by atoms with Gasteiger partial charge in [0.15, 0.2) is 0 Å². The van der Waals surface area contributed by atoms with Crippen LogP contribution >= 0.6 is 11.6 Å². The van der Waals surface area contributed by atoms with Crippen molar-refractivity contribution in [3.63, 3.8) is 0 Å². The highest BCUT2D eigenvalue weighted by Crippen LogP contribution is 2.20. The molecule has 0 saturated carbocycles. The van der Waals surface area contributed by atoms with Crippen LogP contribution in [0.4, 0.5) is 0 Å². The van der Waals surface area contributed by atoms with Crippen molar-refractivity contribution in [1.82, 2.24) is 10.3 Å². The Morgan fingerprint density at radius 2 is 2.06 bits per heavy atom. The van der Waals surface area contributed by atoms with Gasteiger partial charge in [-0.3, -0.25) is 0 Å². The Kier molecular flexibility index (Phi) is 3.42. The summed E-state index contributed by atoms with van der Waals surface area (Å²) in [6.45, 7) is 4.99. The van der Waals surface area contributed by atoms with Crippen molar-refractivity contribution in [2.75, 3.05) is 0 Å². The van der Waals surface area contributed by atoms with Crippen molar-refractivity contribution < 1.29 is 0 Å². The zero-order valence-electron chi connectivity index (χ0n) is 9.50. The van der Waals surface area contributed by atoms with Crippen LogP contribution in [0.3, 0.4) is 0 Å². The van der Waals surface area contributed by atoms with Gasteiger partial charge >= 0.3 is 0 Å². The lowest BCUT2D eigenvalue weighted by Crippen LogP contribution is -2.22. The van der Waals surface area contributed by atoms with E-state index in [-0.39, 0.29) is 0 Å². The predicted octanol–water partition coefficient (Wildman–Crippen LogP) is 3.39. The molecule has 2 aromatic rings. The highest BCUT2D eigenvalue weighted by Gasteiger charge is 2.04. The topological polar surface area (TPSA) is 24.9 Å². The molecule has 16 heavy (non-hydrogen) atoms. The van der Waals surface area contributed by atoms with E-state index in [1.165, 1.54) is 0 Å². The lowest BCUT2D eigenvalue weighted by atomic mass is 10.1. The standard InChI is InChI=1S/C13H15ClN2/c1-9(2)15-8-11-7-10-5-3-4-6-12(10)16-13(11)14/h3-7,9,15H,8H2,1-2H3. The van der Waals surface area contributed by atoms with Gasteiger partial charge in [0.05, 0.1) is 5.52 Å². The molecule has 2 rings (SSSR count). The first-order valence-electron chi connectivity index (χ1n) is 5.44. The van der Waals surface area contributed by atoms with Gasteiger partial charge in [-0.2, -0.15) is 0 Å². The summed E-state index contributed by atoms with van der Waals surface area (Å²) in [5, 5.41) is 5.06. The van der Waals surface area contributed by atoms with Crippen molar-refractivity contribution in [2.45, 2.75) is 26.4 Å². The molecule has 0 bridgehead atoms. The van der Waals surface area contributed by atoms with E-state index in [0.29, 0.717) is 11.2 Å². The number of benzene rings is 1. The zero-order chi connectivity index (χ0) is 11.5. The molecule has 84 valence electrons. The summed E-state index contributed by atoms with van der Waals surface area (Å²) in [6, 6.07) is 10.6. The van der Waals surface area contributed by atoms with E-state index in [1.54, 1.807) is 0 Å². The summed E-state index contributed by atoms with van der Waals surface area (Å²) in [5.74, 6) is 0. The van der Waals surface area contributed by atoms with Gasteiger partial charge in [-0.15, -0.1) is 0 Å². The Labute approximate surface area is 101 Å². The third-order valence-electron chi connectivity index (χ3n) is 2.45. The molecule has 0 atom stereocenters. The van der Waals surface area contributed by atoms with Gasteiger partial charge in [0.2, 0.25) is 0 Å². The Morgan fingerprint density at radius 1 is 1.31 bits per heavy atom. The summed E-state index contributed by atoms with van der Waals surface area (Å²) in [6.07, 6.45) is 0. The van der Waals surface area contributed by atoms with E-state index < -0.39 is 0 Å². The second kappa shape index (κ2) is 4.81. The number of hydrogen-bond acceptors (Lipinski definition) is 2. The van der Waals surface area contributed by atoms with Crippen LogP contribution in [0.25, 0.3) is 10.9 Å². The van der Waals surface area contributed by atoms with Gasteiger partial charge in [0.25, 0.3) is 0 Å². The minimum Gasteiger partial charge on any atom is -0.310 e. The van der Waals surface area contributed by atoms with Gasteiger partial charge in [-0.05, 0) is 12.1 Å². The van der Waals surface area contributed by atoms with Crippen LogP contribution in [0.15, 0.2) is 30.3 Å². The zero-order valence-corrected chi connectivity index (χ0v) is 10.3. The summed E-state index contributed by atoms with van der Waals surface area (Å²) < 4.78 is 0. The molecule has 0 spiro atoms. The number of pyridine rings is 1. The quantitative estimate of drug-likeness (QED) is 0.824. The van der Waals surface area contributed by atoms with Crippen LogP contribution < -0.4 is 5.32 Å². The van der Waals surface area contributed by atoms with Gasteiger partial charge in [-0.25, -0.2) is 4.98 Å². The highest BCUT2D eigenvalue weighted by molar-refractivity contribution is 6.30. The van der Waals surface area contributed by atoms with Gasteiger partial charge < -0.3 is 5.32 Å². The maximum atomic E-state index is 6.14. The molecule has 3 heteroatoms. The van der Waals surface area contributed by atoms with Crippen molar-refractivity contribution >= 4 is 22.5 Å². The number of nitrogens with one attached hydrogen (secondary N) is 1. The Balaban J connectivity index is 2.34. The molecule has 0 amide bonds. The number of nitrogens with zero attached hydrogens (tertiary/aromatic N) is 1. The second-order valence-electron chi connectivity index (χ2n) is 4.17. The fourth-order valence-corrected chi connectivity index (χ4v) is 1.79. The number of para-hydroxylation sites is 1. The molecule has 0 aliphatic carbocycles. The van der Waals surface area contributed by atoms with Gasteiger partial charge in [0, 0.05) is 23.5 Å². The number of aromatic nitrogens is 1. The monoisotopic (exact) mass is 234 g/mol. The molecule has 1 heterocycles. The lowest BCUT2D eigenvalue weighted by molar-refractivity contribution is 0.588. The molecule has 1 N–H and O–H groups in total. The maximum absolute atomic E-state index is 6.14. The number of rotatable bonds is 3. The summed E-state index contributed by atoms with van der Waals surface area (Å²) in [5.41, 5.74) is 2.00. The molecule has 0 aliphatic rings. The summed E-state index contributed by atoms with van der Waals surface area (Å²) in [7, 11) is 0. The SMILES string of the molecule is CC(C)NCc1cc2ccccc2nc1Cl. The molecule has 0 saturated heterocycles. The van der Waals surface area contributed by atoms with Crippen LogP contribution in [0.2, 0.25) is 5.15 Å². The second-order valence-corrected chi connectivity index (χ2v) is 4.52. The van der Waals surface area contributed by atoms with Crippen molar-refractivity contribution in [1.29, 1.82) is 0 Å². The van der Waals surface area contributed by atoms with Crippen molar-refractivity contribution in [2.24, 2.45) is 0 Å². The third-order valence-corrected chi connectivity index (χ3v) is 2.78. The Bertz CT molecular complexity index is 494. The minimum absolute atomic E-state index is 0.447. The van der Waals surface area contributed by atoms with Crippen LogP contribution in [-0.2, 0) is 6.54 Å². The molecule has 0 unspecified atom stereocenters. The highest BCUT2D eigenvalue weighted by atomic mass is 35.5. The van der Waals surface area contributed by atoms with Gasteiger partial charge in [-0.1, -0.05) is 43.6 Å². The van der Waals surface area contributed by atoms with E-state index in [4.69, 9.17) is 11.6 Å². The summed E-state index contributed by atoms with van der Waals surface area (Å²) >= 11 is 6.14. The van der Waals surface area contributed by atoms with E-state index in [9.17, 15) is 0 Å². The Morgan fingerprint density at radius 3 is 2.81 bits per heavy atom. The molecule has 0 fully saturated rings. The number of fused-ring (bicyclic) bond motifs is 1. The van der Waals surface area contributed by atoms with Crippen LogP contribution in [0.5, 0.6) is 0 Å². The van der Waals surface area contributed by atoms with E-state index in [1.807, 2.05) is 18.2 Å². The van der Waals surface area contributed by atoms with Crippen LogP contribution in [0.1, 0.15) is 19.4 Å². The first kappa shape index (κ1) is 11.4. The smallest absolute Gasteiger partial charge is 0.134 e. The lowest BCUT2D eigenvalue weighted by Gasteiger charge is -2.10. The summed E-state index contributed by atoms with van der Waals surface area (Å²) in [4.78, 5) is 4.38. The molecular formula is C13H15ClN2. The van der Waals surface area contributed by atoms with Crippen LogP contribution in [-0.4, -0.2) is 11.0 Å². The van der Waals surface area contributed by atoms with E-state index >= 15 is 0 Å². The van der Waals surface area contributed by atoms with Crippen molar-refractivity contribution in [3.8, 4) is 0 Å². The van der Waals surface area contributed by atoms with Crippen molar-refractivity contribution in [3.05, 3.63) is 41.0 Å². The average molecular weight is 235 g/mol. The van der Waals surface area contributed by atoms with E-state index in [0.717, 1.165) is 23.0 Å². The third kappa shape index (κ3) is 2.52. The normalized spacial score (nSPS) is 11.2. The predicted molar refractivity (Wildman–Crippen MR) is 68.7 cm³/mol. The maximum Gasteiger partial charge on any atom is 0.134 e. The first-order chi connectivity index (χ1) is 7.66. The fourth-order valence-electron chi connectivity index (χ4n) is 1.57. The molecule has 0 aliphatic heterocycles. The molecule has 1 aromatic heterocycles. The number of halogens is 1. The molecule has 1 aromatic carbocycles. The van der Waals surface area contributed by atoms with Gasteiger partial charge in [0.1, 0.15) is 5.15 Å². The first-order valence-corrected chi connectivity index (χ1v) is 5.82.